The Hall–Kier alpha value is -1.35. The number of carbonyl (C=O) groups is 1. The molecule has 0 fully saturated rings. The highest BCUT2D eigenvalue weighted by Gasteiger charge is 2.40. The predicted octanol–water partition coefficient (Wildman–Crippen LogP) is 1.23. The van der Waals surface area contributed by atoms with E-state index in [1.807, 2.05) is 0 Å². The third-order valence-electron chi connectivity index (χ3n) is 2.34. The Morgan fingerprint density at radius 2 is 1.77 bits per heavy atom. The van der Waals surface area contributed by atoms with Gasteiger partial charge in [0, 0.05) is 12.8 Å². The summed E-state index contributed by atoms with van der Waals surface area (Å²) < 4.78 is 0. The van der Waals surface area contributed by atoms with Gasteiger partial charge in [-0.05, 0) is 11.1 Å². The second-order valence-corrected chi connectivity index (χ2v) is 3.27. The third-order valence-corrected chi connectivity index (χ3v) is 2.34. The second-order valence-electron chi connectivity index (χ2n) is 3.27. The van der Waals surface area contributed by atoms with Crippen LogP contribution in [0.1, 0.15) is 12.8 Å². The van der Waals surface area contributed by atoms with Crippen molar-refractivity contribution in [2.75, 3.05) is 0 Å². The molecule has 0 heterocycles. The lowest BCUT2D eigenvalue weighted by Gasteiger charge is -2.17. The highest BCUT2D eigenvalue weighted by molar-refractivity contribution is 5.81. The molecule has 0 saturated carbocycles. The van der Waals surface area contributed by atoms with Crippen molar-refractivity contribution in [3.8, 4) is 0 Å². The van der Waals surface area contributed by atoms with Crippen LogP contribution < -0.4 is 5.73 Å². The monoisotopic (exact) mass is 179 g/mol. The molecule has 0 aliphatic heterocycles. The Balaban J connectivity index is 2.95. The number of aliphatic carboxylic acids is 1. The summed E-state index contributed by atoms with van der Waals surface area (Å²) in [6, 6.07) is 0. The molecule has 70 valence electrons. The van der Waals surface area contributed by atoms with Crippen LogP contribution in [0, 0.1) is 0 Å². The minimum atomic E-state index is -1.16. The summed E-state index contributed by atoms with van der Waals surface area (Å²) in [7, 11) is 0. The van der Waals surface area contributed by atoms with Crippen molar-refractivity contribution in [2.24, 2.45) is 5.73 Å². The van der Waals surface area contributed by atoms with Crippen LogP contribution in [0.15, 0.2) is 36.5 Å². The normalized spacial score (nSPS) is 20.1. The number of hydrogen-bond donors (Lipinski definition) is 2. The number of nitrogens with two attached hydrogens (primary N) is 1. The molecule has 1 aliphatic carbocycles. The second kappa shape index (κ2) is 3.18. The van der Waals surface area contributed by atoms with Crippen LogP contribution in [0.5, 0.6) is 0 Å². The van der Waals surface area contributed by atoms with Crippen LogP contribution >= 0.6 is 0 Å². The zero-order valence-corrected chi connectivity index (χ0v) is 7.42. The van der Waals surface area contributed by atoms with Gasteiger partial charge >= 0.3 is 5.97 Å². The molecule has 3 heteroatoms. The Kier molecular flexibility index (Phi) is 2.38. The summed E-state index contributed by atoms with van der Waals surface area (Å²) in [5, 5.41) is 8.88. The zero-order chi connectivity index (χ0) is 10.1. The van der Waals surface area contributed by atoms with Crippen molar-refractivity contribution in [2.45, 2.75) is 18.4 Å². The van der Waals surface area contributed by atoms with Gasteiger partial charge in [-0.2, -0.15) is 0 Å². The van der Waals surface area contributed by atoms with Gasteiger partial charge in [0.05, 0.1) is 0 Å². The van der Waals surface area contributed by atoms with Crippen LogP contribution in [0.4, 0.5) is 0 Å². The van der Waals surface area contributed by atoms with Gasteiger partial charge < -0.3 is 10.8 Å². The molecular formula is C10H13NO2. The smallest absolute Gasteiger partial charge is 0.324 e. The molecule has 0 amide bonds. The number of carboxylic acid groups (broad SMARTS) is 1. The average Bonchev–Trinajstić information content (AvgIpc) is 2.43. The summed E-state index contributed by atoms with van der Waals surface area (Å²) in [6.07, 6.45) is 3.98. The molecule has 1 aliphatic rings. The van der Waals surface area contributed by atoms with Crippen molar-refractivity contribution >= 4 is 5.97 Å². The fourth-order valence-corrected chi connectivity index (χ4v) is 1.53. The predicted molar refractivity (Wildman–Crippen MR) is 51.2 cm³/mol. The van der Waals surface area contributed by atoms with Gasteiger partial charge in [-0.15, -0.1) is 0 Å². The molecule has 0 aromatic rings. The minimum absolute atomic E-state index is 0.340. The van der Waals surface area contributed by atoms with Crippen LogP contribution in [-0.4, -0.2) is 16.6 Å². The van der Waals surface area contributed by atoms with E-state index in [4.69, 9.17) is 10.8 Å². The summed E-state index contributed by atoms with van der Waals surface area (Å²) >= 11 is 0. The Morgan fingerprint density at radius 3 is 2.00 bits per heavy atom. The van der Waals surface area contributed by atoms with E-state index < -0.39 is 11.5 Å². The van der Waals surface area contributed by atoms with Crippen LogP contribution in [0.2, 0.25) is 0 Å². The maximum Gasteiger partial charge on any atom is 0.324 e. The largest absolute Gasteiger partial charge is 0.480 e. The molecule has 0 aromatic carbocycles. The molecule has 0 spiro atoms. The van der Waals surface area contributed by atoms with Crippen molar-refractivity contribution in [3.63, 3.8) is 0 Å². The van der Waals surface area contributed by atoms with Crippen molar-refractivity contribution in [1.29, 1.82) is 0 Å². The molecule has 1 rings (SSSR count). The van der Waals surface area contributed by atoms with Gasteiger partial charge in [0.15, 0.2) is 0 Å². The molecule has 13 heavy (non-hydrogen) atoms. The van der Waals surface area contributed by atoms with E-state index >= 15 is 0 Å². The average molecular weight is 179 g/mol. The summed E-state index contributed by atoms with van der Waals surface area (Å²) in [5.41, 5.74) is 6.31. The zero-order valence-electron chi connectivity index (χ0n) is 7.42. The van der Waals surface area contributed by atoms with Gasteiger partial charge in [-0.3, -0.25) is 4.79 Å². The standard InChI is InChI=1S/C10H13NO2/c1-3-7-5-10(11,9(12)13)6-8(7)4-2/h3-4H,1-2,5-6,11H2,(H,12,13). The summed E-state index contributed by atoms with van der Waals surface area (Å²) in [5.74, 6) is -0.969. The van der Waals surface area contributed by atoms with Crippen molar-refractivity contribution in [1.82, 2.24) is 0 Å². The lowest BCUT2D eigenvalue weighted by molar-refractivity contribution is -0.142. The van der Waals surface area contributed by atoms with E-state index in [9.17, 15) is 4.79 Å². The maximum absolute atomic E-state index is 10.8. The van der Waals surface area contributed by atoms with Crippen LogP contribution in [-0.2, 0) is 4.79 Å². The first-order valence-electron chi connectivity index (χ1n) is 4.02. The Labute approximate surface area is 77.2 Å². The van der Waals surface area contributed by atoms with Gasteiger partial charge in [-0.1, -0.05) is 25.3 Å². The summed E-state index contributed by atoms with van der Waals surface area (Å²) in [6.45, 7) is 7.22. The molecule has 0 saturated heterocycles. The maximum atomic E-state index is 10.8. The lowest BCUT2D eigenvalue weighted by Crippen LogP contribution is -2.45. The molecule has 0 radical (unpaired) electrons. The molecule has 0 aromatic heterocycles. The Bertz CT molecular complexity index is 282. The number of carboxylic acids is 1. The first kappa shape index (κ1) is 9.74. The van der Waals surface area contributed by atoms with Crippen LogP contribution in [0.25, 0.3) is 0 Å². The molecule has 0 atom stereocenters. The summed E-state index contributed by atoms with van der Waals surface area (Å²) in [4.78, 5) is 10.8. The topological polar surface area (TPSA) is 63.3 Å². The third kappa shape index (κ3) is 1.55. The first-order chi connectivity index (χ1) is 6.03. The fourth-order valence-electron chi connectivity index (χ4n) is 1.53. The Morgan fingerprint density at radius 1 is 1.38 bits per heavy atom. The number of hydrogen-bond acceptors (Lipinski definition) is 2. The van der Waals surface area contributed by atoms with Gasteiger partial charge in [0.2, 0.25) is 0 Å². The molecule has 3 nitrogen and oxygen atoms in total. The van der Waals surface area contributed by atoms with Gasteiger partial charge in [0.25, 0.3) is 0 Å². The van der Waals surface area contributed by atoms with E-state index in [0.717, 1.165) is 11.1 Å². The van der Waals surface area contributed by atoms with Gasteiger partial charge in [-0.25, -0.2) is 0 Å². The van der Waals surface area contributed by atoms with E-state index in [1.165, 1.54) is 0 Å². The molecule has 0 bridgehead atoms. The first-order valence-corrected chi connectivity index (χ1v) is 4.02. The lowest BCUT2D eigenvalue weighted by atomic mass is 9.96. The van der Waals surface area contributed by atoms with E-state index in [-0.39, 0.29) is 0 Å². The molecule has 3 N–H and O–H groups in total. The van der Waals surface area contributed by atoms with E-state index in [0.29, 0.717) is 12.8 Å². The van der Waals surface area contributed by atoms with Crippen molar-refractivity contribution in [3.05, 3.63) is 36.5 Å². The van der Waals surface area contributed by atoms with Crippen molar-refractivity contribution < 1.29 is 9.90 Å². The SMILES string of the molecule is C=CC1=C(C=C)CC(N)(C(=O)O)C1. The van der Waals surface area contributed by atoms with E-state index in [1.54, 1.807) is 12.2 Å². The fraction of sp³-hybridized carbons (Fsp3) is 0.300. The quantitative estimate of drug-likeness (QED) is 0.685. The molecular weight excluding hydrogens is 166 g/mol. The highest BCUT2D eigenvalue weighted by Crippen LogP contribution is 2.34. The van der Waals surface area contributed by atoms with Gasteiger partial charge in [0.1, 0.15) is 5.54 Å². The highest BCUT2D eigenvalue weighted by atomic mass is 16.4. The number of rotatable bonds is 3. The minimum Gasteiger partial charge on any atom is -0.480 e. The van der Waals surface area contributed by atoms with Crippen LogP contribution in [0.3, 0.4) is 0 Å². The van der Waals surface area contributed by atoms with E-state index in [2.05, 4.69) is 13.2 Å². The molecule has 0 unspecified atom stereocenters. The number of allylic oxidation sites excluding steroid dienone is 2.